The number of fused-ring (bicyclic) bond motifs is 7. The Labute approximate surface area is 231 Å². The molecule has 1 aromatic carbocycles. The van der Waals surface area contributed by atoms with Crippen LogP contribution in [0, 0.1) is 64.0 Å². The van der Waals surface area contributed by atoms with E-state index in [0.717, 1.165) is 23.5 Å². The second-order valence-electron chi connectivity index (χ2n) is 15.9. The van der Waals surface area contributed by atoms with E-state index in [1.54, 1.807) is 6.07 Å². The Balaban J connectivity index is 1.38. The molecule has 0 saturated heterocycles. The molecule has 5 aliphatic rings. The zero-order valence-corrected chi connectivity index (χ0v) is 25.2. The first-order chi connectivity index (χ1) is 17.7. The van der Waals surface area contributed by atoms with E-state index in [1.165, 1.54) is 62.5 Å². The standard InChI is InChI=1S/C36H52FN/c1-22(2)25-13-18-36(38)20-19-34(7)27(31(25)36)11-12-30-33(6)16-14-26(24-10-9-23(3)28(37)21-24)32(4,5)29(33)15-17-35(30,34)8/h9-10,14,21,25,27,29-31H,1,11-13,15-20,38H2,2-8H3/t25-,27+,29-,30+,31+,33-,34+,35+,36-/m0/s1. The summed E-state index contributed by atoms with van der Waals surface area (Å²) in [7, 11) is 0. The molecule has 0 spiro atoms. The summed E-state index contributed by atoms with van der Waals surface area (Å²) in [5.74, 6) is 3.17. The second kappa shape index (κ2) is 8.31. The van der Waals surface area contributed by atoms with Crippen molar-refractivity contribution in [1.29, 1.82) is 0 Å². The van der Waals surface area contributed by atoms with Gasteiger partial charge in [-0.25, -0.2) is 4.39 Å². The molecule has 4 saturated carbocycles. The number of nitrogens with two attached hydrogens (primary N) is 1. The van der Waals surface area contributed by atoms with E-state index in [1.807, 2.05) is 13.0 Å². The molecule has 5 aliphatic carbocycles. The minimum atomic E-state index is -0.0803. The SMILES string of the molecule is C=C(C)[C@@H]1CC[C@]2(N)CC[C@]3(C)[C@H](CC[C@@H]4[C@@]5(C)CC=C(c6ccc(C)c(F)c6)C(C)(C)[C@@H]5CC[C@]43C)[C@@H]12. The van der Waals surface area contributed by atoms with Gasteiger partial charge >= 0.3 is 0 Å². The van der Waals surface area contributed by atoms with Crippen molar-refractivity contribution in [1.82, 2.24) is 0 Å². The number of rotatable bonds is 2. The molecule has 0 aromatic heterocycles. The molecule has 4 fully saturated rings. The third-order valence-electron chi connectivity index (χ3n) is 14.2. The van der Waals surface area contributed by atoms with Crippen molar-refractivity contribution < 1.29 is 4.39 Å². The lowest BCUT2D eigenvalue weighted by molar-refractivity contribution is -0.217. The van der Waals surface area contributed by atoms with Gasteiger partial charge in [0.1, 0.15) is 5.82 Å². The minimum absolute atomic E-state index is 0.0197. The van der Waals surface area contributed by atoms with Crippen LogP contribution in [0.1, 0.15) is 110 Å². The third kappa shape index (κ3) is 3.31. The van der Waals surface area contributed by atoms with Gasteiger partial charge < -0.3 is 5.73 Å². The number of halogens is 1. The van der Waals surface area contributed by atoms with Gasteiger partial charge in [0.25, 0.3) is 0 Å². The largest absolute Gasteiger partial charge is 0.325 e. The Hall–Kier alpha value is -1.41. The first kappa shape index (κ1) is 26.8. The molecule has 0 bridgehead atoms. The van der Waals surface area contributed by atoms with E-state index in [9.17, 15) is 4.39 Å². The van der Waals surface area contributed by atoms with Gasteiger partial charge in [-0.05, 0) is 146 Å². The molecule has 1 nitrogen and oxygen atoms in total. The van der Waals surface area contributed by atoms with Crippen molar-refractivity contribution in [2.75, 3.05) is 0 Å². The van der Waals surface area contributed by atoms with Gasteiger partial charge in [-0.15, -0.1) is 0 Å². The van der Waals surface area contributed by atoms with Gasteiger partial charge in [0.05, 0.1) is 0 Å². The van der Waals surface area contributed by atoms with Crippen LogP contribution in [0.5, 0.6) is 0 Å². The molecule has 2 N–H and O–H groups in total. The van der Waals surface area contributed by atoms with Crippen LogP contribution >= 0.6 is 0 Å². The zero-order valence-electron chi connectivity index (χ0n) is 25.2. The van der Waals surface area contributed by atoms with E-state index in [2.05, 4.69) is 60.3 Å². The number of aryl methyl sites for hydroxylation is 1. The topological polar surface area (TPSA) is 26.0 Å². The van der Waals surface area contributed by atoms with Gasteiger partial charge in [-0.2, -0.15) is 0 Å². The predicted octanol–water partition coefficient (Wildman–Crippen LogP) is 9.50. The molecule has 0 unspecified atom stereocenters. The lowest BCUT2D eigenvalue weighted by Crippen LogP contribution is -2.67. The quantitative estimate of drug-likeness (QED) is 0.388. The summed E-state index contributed by atoms with van der Waals surface area (Å²) >= 11 is 0. The molecule has 0 amide bonds. The van der Waals surface area contributed by atoms with Crippen LogP contribution in [-0.4, -0.2) is 5.54 Å². The Kier molecular flexibility index (Phi) is 5.86. The van der Waals surface area contributed by atoms with E-state index in [-0.39, 0.29) is 22.2 Å². The molecule has 6 rings (SSSR count). The number of benzene rings is 1. The molecular formula is C36H52FN. The molecule has 9 atom stereocenters. The summed E-state index contributed by atoms with van der Waals surface area (Å²) in [6, 6.07) is 5.89. The molecule has 1 aromatic rings. The maximum Gasteiger partial charge on any atom is 0.126 e. The first-order valence-corrected chi connectivity index (χ1v) is 15.6. The normalized spacial score (nSPS) is 47.3. The van der Waals surface area contributed by atoms with Crippen LogP contribution in [0.3, 0.4) is 0 Å². The van der Waals surface area contributed by atoms with Gasteiger partial charge in [0.2, 0.25) is 0 Å². The highest BCUT2D eigenvalue weighted by Crippen LogP contribution is 2.76. The van der Waals surface area contributed by atoms with Gasteiger partial charge in [-0.3, -0.25) is 0 Å². The zero-order chi connectivity index (χ0) is 27.5. The molecule has 208 valence electrons. The van der Waals surface area contributed by atoms with Crippen molar-refractivity contribution in [2.24, 2.45) is 57.0 Å². The smallest absolute Gasteiger partial charge is 0.126 e. The highest BCUT2D eigenvalue weighted by atomic mass is 19.1. The first-order valence-electron chi connectivity index (χ1n) is 15.6. The third-order valence-corrected chi connectivity index (χ3v) is 14.2. The van der Waals surface area contributed by atoms with Crippen LogP contribution in [0.25, 0.3) is 5.57 Å². The molecular weight excluding hydrogens is 465 g/mol. The highest BCUT2D eigenvalue weighted by Gasteiger charge is 2.70. The Morgan fingerprint density at radius 1 is 0.921 bits per heavy atom. The maximum atomic E-state index is 14.6. The highest BCUT2D eigenvalue weighted by molar-refractivity contribution is 5.71. The molecule has 38 heavy (non-hydrogen) atoms. The van der Waals surface area contributed by atoms with Crippen molar-refractivity contribution in [3.8, 4) is 0 Å². The molecule has 0 heterocycles. The fraction of sp³-hybridized carbons (Fsp3) is 0.722. The second-order valence-corrected chi connectivity index (χ2v) is 15.9. The van der Waals surface area contributed by atoms with E-state index in [0.29, 0.717) is 34.5 Å². The van der Waals surface area contributed by atoms with Crippen LogP contribution < -0.4 is 5.73 Å². The summed E-state index contributed by atoms with van der Waals surface area (Å²) in [4.78, 5) is 0. The van der Waals surface area contributed by atoms with Gasteiger partial charge in [0.15, 0.2) is 0 Å². The van der Waals surface area contributed by atoms with Crippen molar-refractivity contribution in [3.63, 3.8) is 0 Å². The maximum absolute atomic E-state index is 14.6. The van der Waals surface area contributed by atoms with E-state index < -0.39 is 0 Å². The molecule has 2 heteroatoms. The minimum Gasteiger partial charge on any atom is -0.325 e. The number of allylic oxidation sites excluding steroid dienone is 3. The lowest BCUT2D eigenvalue weighted by Gasteiger charge is -2.72. The fourth-order valence-electron chi connectivity index (χ4n) is 12.1. The lowest BCUT2D eigenvalue weighted by atomic mass is 9.33. The Bertz CT molecular complexity index is 1190. The average Bonchev–Trinajstić information content (AvgIpc) is 3.19. The summed E-state index contributed by atoms with van der Waals surface area (Å²) in [6.45, 7) is 21.5. The van der Waals surface area contributed by atoms with Crippen LogP contribution in [-0.2, 0) is 0 Å². The summed E-state index contributed by atoms with van der Waals surface area (Å²) in [5.41, 5.74) is 12.8. The fourth-order valence-corrected chi connectivity index (χ4v) is 12.1. The summed E-state index contributed by atoms with van der Waals surface area (Å²) < 4.78 is 14.6. The Morgan fingerprint density at radius 2 is 1.66 bits per heavy atom. The Morgan fingerprint density at radius 3 is 2.34 bits per heavy atom. The van der Waals surface area contributed by atoms with Gasteiger partial charge in [-0.1, -0.05) is 65.0 Å². The van der Waals surface area contributed by atoms with Crippen molar-refractivity contribution in [3.05, 3.63) is 53.4 Å². The van der Waals surface area contributed by atoms with Crippen molar-refractivity contribution in [2.45, 2.75) is 112 Å². The van der Waals surface area contributed by atoms with E-state index in [4.69, 9.17) is 5.73 Å². The summed E-state index contributed by atoms with van der Waals surface area (Å²) in [5, 5.41) is 0. The van der Waals surface area contributed by atoms with E-state index >= 15 is 0 Å². The van der Waals surface area contributed by atoms with Crippen LogP contribution in [0.2, 0.25) is 0 Å². The van der Waals surface area contributed by atoms with Crippen molar-refractivity contribution >= 4 is 5.57 Å². The van der Waals surface area contributed by atoms with Gasteiger partial charge in [0, 0.05) is 5.54 Å². The number of hydrogen-bond donors (Lipinski definition) is 1. The monoisotopic (exact) mass is 517 g/mol. The van der Waals surface area contributed by atoms with Crippen LogP contribution in [0.4, 0.5) is 4.39 Å². The summed E-state index contributed by atoms with van der Waals surface area (Å²) in [6.07, 6.45) is 13.8. The molecule has 0 radical (unpaired) electrons. The average molecular weight is 518 g/mol. The molecule has 0 aliphatic heterocycles. The predicted molar refractivity (Wildman–Crippen MR) is 158 cm³/mol. The van der Waals surface area contributed by atoms with Crippen LogP contribution in [0.15, 0.2) is 36.4 Å². The number of hydrogen-bond acceptors (Lipinski definition) is 1.